The summed E-state index contributed by atoms with van der Waals surface area (Å²) in [6.07, 6.45) is 1.42. The summed E-state index contributed by atoms with van der Waals surface area (Å²) in [4.78, 5) is 24.5. The molecule has 0 aromatic heterocycles. The van der Waals surface area contributed by atoms with Crippen molar-refractivity contribution in [1.29, 1.82) is 5.26 Å². The molecule has 0 aliphatic carbocycles. The molecule has 3 aromatic carbocycles. The molecule has 190 valence electrons. The Labute approximate surface area is 216 Å². The number of nitrogens with zero attached hydrogens (tertiary/aromatic N) is 1. The first-order chi connectivity index (χ1) is 17.9. The van der Waals surface area contributed by atoms with Crippen LogP contribution in [0.3, 0.4) is 0 Å². The fraction of sp³-hybridized carbons (Fsp3) is 0.207. The summed E-state index contributed by atoms with van der Waals surface area (Å²) >= 11 is 0. The molecular formula is C29H28N2O6. The summed E-state index contributed by atoms with van der Waals surface area (Å²) in [6.45, 7) is 2.36. The van der Waals surface area contributed by atoms with Crippen molar-refractivity contribution < 1.29 is 28.5 Å². The molecule has 0 heterocycles. The van der Waals surface area contributed by atoms with Gasteiger partial charge in [0.2, 0.25) is 0 Å². The van der Waals surface area contributed by atoms with Crippen molar-refractivity contribution in [2.24, 2.45) is 0 Å². The smallest absolute Gasteiger partial charge is 0.349 e. The van der Waals surface area contributed by atoms with Gasteiger partial charge in [-0.1, -0.05) is 48.0 Å². The van der Waals surface area contributed by atoms with E-state index in [0.29, 0.717) is 17.9 Å². The monoisotopic (exact) mass is 500 g/mol. The number of carbonyl (C=O) groups excluding carboxylic acids is 2. The van der Waals surface area contributed by atoms with Crippen molar-refractivity contribution in [3.63, 3.8) is 0 Å². The lowest BCUT2D eigenvalue weighted by Gasteiger charge is -2.11. The van der Waals surface area contributed by atoms with Crippen LogP contribution in [0.4, 0.5) is 0 Å². The second-order valence-electron chi connectivity index (χ2n) is 7.98. The Kier molecular flexibility index (Phi) is 9.82. The Bertz CT molecular complexity index is 1290. The largest absolute Gasteiger partial charge is 0.493 e. The minimum atomic E-state index is -0.612. The lowest BCUT2D eigenvalue weighted by Crippen LogP contribution is -2.27. The van der Waals surface area contributed by atoms with Crippen LogP contribution in [0.1, 0.15) is 11.1 Å². The number of amides is 1. The third-order valence-corrected chi connectivity index (χ3v) is 5.28. The van der Waals surface area contributed by atoms with Crippen LogP contribution in [0.5, 0.6) is 17.2 Å². The molecule has 0 aliphatic rings. The number of hydrogen-bond acceptors (Lipinski definition) is 7. The Hall–Kier alpha value is -4.61. The van der Waals surface area contributed by atoms with E-state index < -0.39 is 11.9 Å². The van der Waals surface area contributed by atoms with Gasteiger partial charge in [0, 0.05) is 13.7 Å². The van der Waals surface area contributed by atoms with Crippen molar-refractivity contribution in [3.05, 3.63) is 83.4 Å². The number of aryl methyl sites for hydroxylation is 1. The van der Waals surface area contributed by atoms with Crippen LogP contribution in [-0.2, 0) is 14.3 Å². The van der Waals surface area contributed by atoms with Crippen molar-refractivity contribution in [2.45, 2.75) is 6.92 Å². The zero-order valence-electron chi connectivity index (χ0n) is 20.9. The molecule has 37 heavy (non-hydrogen) atoms. The molecule has 3 aromatic rings. The van der Waals surface area contributed by atoms with Crippen LogP contribution in [0.25, 0.3) is 17.2 Å². The predicted octanol–water partition coefficient (Wildman–Crippen LogP) is 4.32. The van der Waals surface area contributed by atoms with Gasteiger partial charge in [-0.3, -0.25) is 4.79 Å². The van der Waals surface area contributed by atoms with E-state index in [1.54, 1.807) is 24.3 Å². The highest BCUT2D eigenvalue weighted by Crippen LogP contribution is 2.29. The number of rotatable bonds is 11. The van der Waals surface area contributed by atoms with E-state index in [9.17, 15) is 14.9 Å². The first-order valence-electron chi connectivity index (χ1n) is 11.5. The average Bonchev–Trinajstić information content (AvgIpc) is 2.92. The van der Waals surface area contributed by atoms with Crippen LogP contribution in [-0.4, -0.2) is 45.9 Å². The minimum absolute atomic E-state index is 0.0790. The fourth-order valence-electron chi connectivity index (χ4n) is 3.32. The van der Waals surface area contributed by atoms with Gasteiger partial charge in [0.1, 0.15) is 17.4 Å². The summed E-state index contributed by atoms with van der Waals surface area (Å²) in [5.41, 5.74) is 3.78. The summed E-state index contributed by atoms with van der Waals surface area (Å²) in [5, 5.41) is 11.9. The van der Waals surface area contributed by atoms with Gasteiger partial charge in [-0.2, -0.15) is 5.26 Å². The second-order valence-corrected chi connectivity index (χ2v) is 7.98. The number of carbonyl (C=O) groups is 2. The summed E-state index contributed by atoms with van der Waals surface area (Å²) in [7, 11) is 2.94. The maximum atomic E-state index is 12.4. The molecule has 0 bridgehead atoms. The summed E-state index contributed by atoms with van der Waals surface area (Å²) in [5.74, 6) is -0.141. The van der Waals surface area contributed by atoms with Gasteiger partial charge in [-0.25, -0.2) is 4.79 Å². The van der Waals surface area contributed by atoms with E-state index in [2.05, 4.69) is 29.6 Å². The van der Waals surface area contributed by atoms with E-state index in [0.717, 1.165) is 11.1 Å². The van der Waals surface area contributed by atoms with E-state index in [-0.39, 0.29) is 30.2 Å². The molecule has 0 radical (unpaired) electrons. The molecular weight excluding hydrogens is 472 g/mol. The molecule has 1 amide bonds. The van der Waals surface area contributed by atoms with Gasteiger partial charge in [0.25, 0.3) is 5.91 Å². The number of ether oxygens (including phenoxy) is 4. The SMILES string of the molecule is COCCNC(=O)/C(C#N)=C/c1ccc(OC(=O)COc2ccc(-c3ccc(C)cc3)cc2)c(OC)c1. The fourth-order valence-corrected chi connectivity index (χ4v) is 3.32. The molecule has 0 spiro atoms. The number of nitrogens with one attached hydrogen (secondary N) is 1. The van der Waals surface area contributed by atoms with Crippen molar-refractivity contribution in [3.8, 4) is 34.4 Å². The van der Waals surface area contributed by atoms with Crippen LogP contribution in [0.15, 0.2) is 72.3 Å². The number of methoxy groups -OCH3 is 2. The highest BCUT2D eigenvalue weighted by molar-refractivity contribution is 6.01. The molecule has 0 aliphatic heterocycles. The van der Waals surface area contributed by atoms with Gasteiger partial charge >= 0.3 is 5.97 Å². The highest BCUT2D eigenvalue weighted by atomic mass is 16.6. The van der Waals surface area contributed by atoms with Crippen LogP contribution in [0, 0.1) is 18.3 Å². The normalized spacial score (nSPS) is 10.8. The van der Waals surface area contributed by atoms with Crippen LogP contribution < -0.4 is 19.5 Å². The highest BCUT2D eigenvalue weighted by Gasteiger charge is 2.13. The summed E-state index contributed by atoms with van der Waals surface area (Å²) in [6, 6.07) is 22.2. The van der Waals surface area contributed by atoms with Gasteiger partial charge in [0.15, 0.2) is 18.1 Å². The minimum Gasteiger partial charge on any atom is -0.493 e. The summed E-state index contributed by atoms with van der Waals surface area (Å²) < 4.78 is 21.2. The standard InChI is InChI=1S/C29H28N2O6/c1-20-4-7-22(8-5-20)23-9-11-25(12-10-23)36-19-28(32)37-26-13-6-21(17-27(26)35-3)16-24(18-30)29(33)31-14-15-34-2/h4-13,16-17H,14-15,19H2,1-3H3,(H,31,33)/b24-16+. The molecule has 0 saturated carbocycles. The zero-order chi connectivity index (χ0) is 26.6. The Morgan fingerprint density at radius 2 is 1.62 bits per heavy atom. The number of nitriles is 1. The van der Waals surface area contributed by atoms with Gasteiger partial charge in [-0.05, 0) is 54.0 Å². The van der Waals surface area contributed by atoms with Crippen LogP contribution >= 0.6 is 0 Å². The van der Waals surface area contributed by atoms with Gasteiger partial charge < -0.3 is 24.3 Å². The molecule has 0 saturated heterocycles. The lowest BCUT2D eigenvalue weighted by atomic mass is 10.0. The maximum absolute atomic E-state index is 12.4. The third kappa shape index (κ3) is 7.95. The number of benzene rings is 3. The molecule has 0 fully saturated rings. The van der Waals surface area contributed by atoms with Gasteiger partial charge in [-0.15, -0.1) is 0 Å². The van der Waals surface area contributed by atoms with Crippen molar-refractivity contribution in [2.75, 3.05) is 34.0 Å². The quantitative estimate of drug-likeness (QED) is 0.137. The number of esters is 1. The molecule has 3 rings (SSSR count). The zero-order valence-corrected chi connectivity index (χ0v) is 20.9. The first kappa shape index (κ1) is 27.0. The average molecular weight is 501 g/mol. The van der Waals surface area contributed by atoms with E-state index in [1.165, 1.54) is 31.9 Å². The molecule has 1 N–H and O–H groups in total. The van der Waals surface area contributed by atoms with Gasteiger partial charge in [0.05, 0.1) is 13.7 Å². The Morgan fingerprint density at radius 1 is 0.946 bits per heavy atom. The van der Waals surface area contributed by atoms with Crippen molar-refractivity contribution >= 4 is 18.0 Å². The molecule has 8 nitrogen and oxygen atoms in total. The molecule has 0 atom stereocenters. The Morgan fingerprint density at radius 3 is 2.24 bits per heavy atom. The topological polar surface area (TPSA) is 107 Å². The first-order valence-corrected chi connectivity index (χ1v) is 11.5. The second kappa shape index (κ2) is 13.5. The maximum Gasteiger partial charge on any atom is 0.349 e. The van der Waals surface area contributed by atoms with E-state index in [4.69, 9.17) is 18.9 Å². The lowest BCUT2D eigenvalue weighted by molar-refractivity contribution is -0.136. The van der Waals surface area contributed by atoms with E-state index >= 15 is 0 Å². The van der Waals surface area contributed by atoms with Crippen LogP contribution in [0.2, 0.25) is 0 Å². The number of hydrogen-bond donors (Lipinski definition) is 1. The van der Waals surface area contributed by atoms with E-state index in [1.807, 2.05) is 25.1 Å². The Balaban J connectivity index is 1.60. The van der Waals surface area contributed by atoms with Crippen molar-refractivity contribution in [1.82, 2.24) is 5.32 Å². The third-order valence-electron chi connectivity index (χ3n) is 5.28. The molecule has 0 unspecified atom stereocenters. The predicted molar refractivity (Wildman–Crippen MR) is 139 cm³/mol. The molecule has 8 heteroatoms.